The second-order valence-corrected chi connectivity index (χ2v) is 5.19. The summed E-state index contributed by atoms with van der Waals surface area (Å²) < 4.78 is 14.7. The number of unbranched alkanes of at least 4 members (excludes halogenated alkanes) is 3. The van der Waals surface area contributed by atoms with Gasteiger partial charge in [0, 0.05) is 13.5 Å². The quantitative estimate of drug-likeness (QED) is 0.452. The molecule has 112 valence electrons. The van der Waals surface area contributed by atoms with Crippen molar-refractivity contribution in [2.45, 2.75) is 46.0 Å². The topological polar surface area (TPSA) is 61.8 Å². The van der Waals surface area contributed by atoms with Gasteiger partial charge in [-0.15, -0.1) is 0 Å². The van der Waals surface area contributed by atoms with Crippen LogP contribution < -0.4 is 0 Å². The monoisotopic (exact) mass is 274 g/mol. The molecule has 0 radical (unpaired) electrons. The van der Waals surface area contributed by atoms with Crippen LogP contribution in [0.4, 0.5) is 0 Å². The zero-order valence-electron chi connectivity index (χ0n) is 12.5. The van der Waals surface area contributed by atoms with E-state index in [9.17, 15) is 9.59 Å². The van der Waals surface area contributed by atoms with Crippen LogP contribution in [0.25, 0.3) is 0 Å². The molecule has 0 N–H and O–H groups in total. The van der Waals surface area contributed by atoms with Gasteiger partial charge in [-0.25, -0.2) is 0 Å². The maximum Gasteiger partial charge on any atom is 0.313 e. The summed E-state index contributed by atoms with van der Waals surface area (Å²) in [5.74, 6) is -0.406. The molecule has 0 amide bonds. The number of hydrogen-bond donors (Lipinski definition) is 0. The molecule has 0 aliphatic rings. The number of carbonyl (C=O) groups excluding carboxylic acids is 2. The van der Waals surface area contributed by atoms with Gasteiger partial charge in [0.05, 0.1) is 25.7 Å². The molecule has 5 heteroatoms. The summed E-state index contributed by atoms with van der Waals surface area (Å²) in [6.45, 7) is 4.37. The van der Waals surface area contributed by atoms with Crippen LogP contribution in [0.5, 0.6) is 0 Å². The van der Waals surface area contributed by atoms with Gasteiger partial charge in [0.25, 0.3) is 0 Å². The number of ether oxygens (including phenoxy) is 3. The second-order valence-electron chi connectivity index (χ2n) is 5.19. The molecule has 0 saturated heterocycles. The molecule has 0 saturated carbocycles. The Kier molecular flexibility index (Phi) is 9.21. The third kappa shape index (κ3) is 8.59. The van der Waals surface area contributed by atoms with E-state index in [4.69, 9.17) is 9.47 Å². The van der Waals surface area contributed by atoms with Crippen molar-refractivity contribution in [3.8, 4) is 0 Å². The van der Waals surface area contributed by atoms with E-state index in [2.05, 4.69) is 4.74 Å². The van der Waals surface area contributed by atoms with E-state index in [1.807, 2.05) is 0 Å². The lowest BCUT2D eigenvalue weighted by Gasteiger charge is -2.21. The van der Waals surface area contributed by atoms with Crippen molar-refractivity contribution < 1.29 is 23.8 Å². The van der Waals surface area contributed by atoms with Gasteiger partial charge in [0.1, 0.15) is 0 Å². The smallest absolute Gasteiger partial charge is 0.313 e. The summed E-state index contributed by atoms with van der Waals surface area (Å²) in [4.78, 5) is 22.6. The first-order valence-electron chi connectivity index (χ1n) is 6.67. The number of hydrogen-bond acceptors (Lipinski definition) is 5. The van der Waals surface area contributed by atoms with Gasteiger partial charge in [-0.2, -0.15) is 0 Å². The van der Waals surface area contributed by atoms with Crippen molar-refractivity contribution in [1.29, 1.82) is 0 Å². The predicted molar refractivity (Wildman–Crippen MR) is 71.7 cm³/mol. The summed E-state index contributed by atoms with van der Waals surface area (Å²) >= 11 is 0. The molecule has 19 heavy (non-hydrogen) atoms. The molecular formula is C14H26O5. The van der Waals surface area contributed by atoms with E-state index in [1.165, 1.54) is 7.11 Å². The standard InChI is InChI=1S/C14H26O5/c1-14(2,11-17-3)13(16)19-10-8-6-5-7-9-12(15)18-4/h5-11H2,1-4H3. The van der Waals surface area contributed by atoms with Crippen LogP contribution in [0.1, 0.15) is 46.0 Å². The zero-order chi connectivity index (χ0) is 14.7. The van der Waals surface area contributed by atoms with Crippen LogP contribution in [-0.2, 0) is 23.8 Å². The van der Waals surface area contributed by atoms with Gasteiger partial charge in [0.15, 0.2) is 0 Å². The highest BCUT2D eigenvalue weighted by molar-refractivity contribution is 5.76. The average molecular weight is 274 g/mol. The first-order valence-corrected chi connectivity index (χ1v) is 6.67. The lowest BCUT2D eigenvalue weighted by atomic mass is 9.95. The lowest BCUT2D eigenvalue weighted by molar-refractivity contribution is -0.156. The minimum atomic E-state index is -0.598. The fraction of sp³-hybridized carbons (Fsp3) is 0.857. The molecule has 0 unspecified atom stereocenters. The Labute approximate surface area is 115 Å². The zero-order valence-corrected chi connectivity index (χ0v) is 12.5. The maximum absolute atomic E-state index is 11.7. The SMILES string of the molecule is COCC(C)(C)C(=O)OCCCCCCC(=O)OC. The van der Waals surface area contributed by atoms with Crippen LogP contribution in [-0.4, -0.2) is 39.4 Å². The highest BCUT2D eigenvalue weighted by atomic mass is 16.5. The molecule has 0 aliphatic heterocycles. The Morgan fingerprint density at radius 1 is 1.00 bits per heavy atom. The molecule has 0 aliphatic carbocycles. The molecule has 0 aromatic heterocycles. The second kappa shape index (κ2) is 9.78. The molecule has 0 aromatic rings. The van der Waals surface area contributed by atoms with Crippen molar-refractivity contribution >= 4 is 11.9 Å². The summed E-state index contributed by atoms with van der Waals surface area (Å²) in [7, 11) is 2.96. The Morgan fingerprint density at radius 3 is 2.21 bits per heavy atom. The van der Waals surface area contributed by atoms with Crippen LogP contribution in [0, 0.1) is 5.41 Å². The Bertz CT molecular complexity index is 273. The Morgan fingerprint density at radius 2 is 1.63 bits per heavy atom. The molecule has 0 fully saturated rings. The molecule has 0 bridgehead atoms. The van der Waals surface area contributed by atoms with E-state index in [1.54, 1.807) is 21.0 Å². The van der Waals surface area contributed by atoms with Gasteiger partial charge in [-0.1, -0.05) is 12.8 Å². The van der Waals surface area contributed by atoms with Crippen LogP contribution in [0.3, 0.4) is 0 Å². The maximum atomic E-state index is 11.7. The van der Waals surface area contributed by atoms with Gasteiger partial charge in [0.2, 0.25) is 0 Å². The molecule has 0 atom stereocenters. The molecule has 0 aromatic carbocycles. The summed E-state index contributed by atoms with van der Waals surface area (Å²) in [6.07, 6.45) is 3.96. The van der Waals surface area contributed by atoms with Crippen molar-refractivity contribution in [3.05, 3.63) is 0 Å². The molecular weight excluding hydrogens is 248 g/mol. The highest BCUT2D eigenvalue weighted by Gasteiger charge is 2.29. The normalized spacial score (nSPS) is 11.2. The van der Waals surface area contributed by atoms with Crippen LogP contribution in [0.15, 0.2) is 0 Å². The number of carbonyl (C=O) groups is 2. The van der Waals surface area contributed by atoms with E-state index >= 15 is 0 Å². The molecule has 0 heterocycles. The van der Waals surface area contributed by atoms with E-state index in [0.29, 0.717) is 19.6 Å². The molecule has 0 spiro atoms. The Hall–Kier alpha value is -1.10. The lowest BCUT2D eigenvalue weighted by Crippen LogP contribution is -2.31. The molecule has 0 rings (SSSR count). The van der Waals surface area contributed by atoms with E-state index in [-0.39, 0.29) is 11.9 Å². The van der Waals surface area contributed by atoms with Gasteiger partial charge >= 0.3 is 11.9 Å². The fourth-order valence-corrected chi connectivity index (χ4v) is 1.61. The first kappa shape index (κ1) is 17.9. The van der Waals surface area contributed by atoms with E-state index in [0.717, 1.165) is 25.7 Å². The minimum Gasteiger partial charge on any atom is -0.469 e. The predicted octanol–water partition coefficient (Wildman–Crippen LogP) is 2.33. The average Bonchev–Trinajstić information content (AvgIpc) is 2.36. The Balaban J connectivity index is 3.54. The summed E-state index contributed by atoms with van der Waals surface area (Å²) in [5.41, 5.74) is -0.598. The van der Waals surface area contributed by atoms with Crippen LogP contribution in [0.2, 0.25) is 0 Å². The summed E-state index contributed by atoms with van der Waals surface area (Å²) in [6, 6.07) is 0. The number of esters is 2. The van der Waals surface area contributed by atoms with Crippen molar-refractivity contribution in [2.75, 3.05) is 27.4 Å². The third-order valence-electron chi connectivity index (χ3n) is 2.79. The number of rotatable bonds is 10. The van der Waals surface area contributed by atoms with Crippen molar-refractivity contribution in [3.63, 3.8) is 0 Å². The van der Waals surface area contributed by atoms with E-state index < -0.39 is 5.41 Å². The number of methoxy groups -OCH3 is 2. The molecule has 5 nitrogen and oxygen atoms in total. The van der Waals surface area contributed by atoms with Crippen molar-refractivity contribution in [1.82, 2.24) is 0 Å². The summed E-state index contributed by atoms with van der Waals surface area (Å²) in [5, 5.41) is 0. The third-order valence-corrected chi connectivity index (χ3v) is 2.79. The van der Waals surface area contributed by atoms with Crippen molar-refractivity contribution in [2.24, 2.45) is 5.41 Å². The first-order chi connectivity index (χ1) is 8.94. The van der Waals surface area contributed by atoms with Gasteiger partial charge < -0.3 is 14.2 Å². The highest BCUT2D eigenvalue weighted by Crippen LogP contribution is 2.17. The van der Waals surface area contributed by atoms with Gasteiger partial charge in [-0.05, 0) is 26.7 Å². The fourth-order valence-electron chi connectivity index (χ4n) is 1.61. The van der Waals surface area contributed by atoms with Crippen LogP contribution >= 0.6 is 0 Å². The minimum absolute atomic E-state index is 0.173. The largest absolute Gasteiger partial charge is 0.469 e. The van der Waals surface area contributed by atoms with Gasteiger partial charge in [-0.3, -0.25) is 9.59 Å².